The van der Waals surface area contributed by atoms with Gasteiger partial charge in [0.1, 0.15) is 11.6 Å². The van der Waals surface area contributed by atoms with Crippen molar-refractivity contribution in [2.24, 2.45) is 5.92 Å². The average Bonchev–Trinajstić information content (AvgIpc) is 3.33. The molecular weight excluding hydrogens is 392 g/mol. The second-order valence-corrected chi connectivity index (χ2v) is 7.84. The first-order chi connectivity index (χ1) is 15.1. The van der Waals surface area contributed by atoms with E-state index in [0.29, 0.717) is 13.0 Å². The zero-order valence-electron chi connectivity index (χ0n) is 17.8. The normalized spacial score (nSPS) is 14.5. The molecule has 2 aromatic heterocycles. The number of carbonyl (C=O) groups excluding carboxylic acids is 1. The first-order valence-electron chi connectivity index (χ1n) is 10.9. The van der Waals surface area contributed by atoms with E-state index < -0.39 is 0 Å². The minimum Gasteiger partial charge on any atom is -0.469 e. The molecular formula is C24H28N4O3. The Morgan fingerprint density at radius 2 is 1.90 bits per heavy atom. The van der Waals surface area contributed by atoms with Crippen molar-refractivity contribution in [2.45, 2.75) is 32.6 Å². The molecule has 0 unspecified atom stereocenters. The van der Waals surface area contributed by atoms with Gasteiger partial charge in [-0.3, -0.25) is 9.59 Å². The molecule has 1 N–H and O–H groups in total. The zero-order valence-corrected chi connectivity index (χ0v) is 17.8. The summed E-state index contributed by atoms with van der Waals surface area (Å²) in [6.07, 6.45) is 4.82. The molecule has 1 aliphatic heterocycles. The summed E-state index contributed by atoms with van der Waals surface area (Å²) in [6, 6.07) is 15.0. The van der Waals surface area contributed by atoms with E-state index in [9.17, 15) is 9.59 Å². The average molecular weight is 421 g/mol. The van der Waals surface area contributed by atoms with Crippen molar-refractivity contribution in [2.75, 3.05) is 24.5 Å². The highest BCUT2D eigenvalue weighted by Gasteiger charge is 2.25. The number of rotatable bonds is 7. The lowest BCUT2D eigenvalue weighted by molar-refractivity contribution is -0.125. The Labute approximate surface area is 181 Å². The quantitative estimate of drug-likeness (QED) is 0.636. The van der Waals surface area contributed by atoms with E-state index in [1.807, 2.05) is 36.4 Å². The number of nitrogens with one attached hydrogen (secondary N) is 1. The van der Waals surface area contributed by atoms with E-state index in [1.165, 1.54) is 10.2 Å². The van der Waals surface area contributed by atoms with E-state index in [1.54, 1.807) is 18.4 Å². The maximum absolute atomic E-state index is 12.5. The van der Waals surface area contributed by atoms with E-state index >= 15 is 0 Å². The molecule has 1 aromatic carbocycles. The first-order valence-corrected chi connectivity index (χ1v) is 10.9. The van der Waals surface area contributed by atoms with E-state index in [4.69, 9.17) is 4.42 Å². The number of hydrogen-bond acceptors (Lipinski definition) is 5. The molecule has 3 heterocycles. The van der Waals surface area contributed by atoms with Gasteiger partial charge in [0, 0.05) is 38.0 Å². The molecule has 0 atom stereocenters. The lowest BCUT2D eigenvalue weighted by Crippen LogP contribution is -2.41. The lowest BCUT2D eigenvalue weighted by atomic mass is 9.96. The first kappa shape index (κ1) is 20.9. The molecule has 0 aliphatic carbocycles. The highest BCUT2D eigenvalue weighted by atomic mass is 16.3. The molecule has 1 amide bonds. The summed E-state index contributed by atoms with van der Waals surface area (Å²) in [6.45, 7) is 4.14. The standard InChI is InChI=1S/C24H28N4O3/c1-2-18-5-7-20(8-6-18)28-23(29)10-9-22(26-28)27-15-12-19(13-16-27)24(30)25-14-11-21-4-3-17-31-21/h3-10,17,19H,2,11-16H2,1H3,(H,25,30). The summed E-state index contributed by atoms with van der Waals surface area (Å²) < 4.78 is 6.74. The fraction of sp³-hybridized carbons (Fsp3) is 0.375. The van der Waals surface area contributed by atoms with Crippen molar-refractivity contribution in [3.63, 3.8) is 0 Å². The van der Waals surface area contributed by atoms with Gasteiger partial charge in [-0.15, -0.1) is 5.10 Å². The molecule has 162 valence electrons. The number of aryl methyl sites for hydroxylation is 1. The lowest BCUT2D eigenvalue weighted by Gasteiger charge is -2.32. The van der Waals surface area contributed by atoms with Crippen LogP contribution in [0.25, 0.3) is 5.69 Å². The summed E-state index contributed by atoms with van der Waals surface area (Å²) in [7, 11) is 0. The molecule has 3 aromatic rings. The van der Waals surface area contributed by atoms with E-state index in [0.717, 1.165) is 49.6 Å². The van der Waals surface area contributed by atoms with Crippen LogP contribution in [0.15, 0.2) is 64.0 Å². The van der Waals surface area contributed by atoms with Crippen LogP contribution in [0.4, 0.5) is 5.82 Å². The SMILES string of the molecule is CCc1ccc(-n2nc(N3CCC(C(=O)NCCc4ccco4)CC3)ccc2=O)cc1. The number of benzene rings is 1. The van der Waals surface area contributed by atoms with Crippen LogP contribution in [0.1, 0.15) is 31.1 Å². The van der Waals surface area contributed by atoms with E-state index in [2.05, 4.69) is 22.2 Å². The van der Waals surface area contributed by atoms with Crippen LogP contribution < -0.4 is 15.8 Å². The minimum absolute atomic E-state index is 0.000319. The third kappa shape index (κ3) is 5.05. The summed E-state index contributed by atoms with van der Waals surface area (Å²) in [5.41, 5.74) is 1.83. The summed E-state index contributed by atoms with van der Waals surface area (Å²) in [5, 5.41) is 7.60. The summed E-state index contributed by atoms with van der Waals surface area (Å²) in [4.78, 5) is 27.0. The summed E-state index contributed by atoms with van der Waals surface area (Å²) in [5.74, 6) is 1.73. The Morgan fingerprint density at radius 1 is 1.13 bits per heavy atom. The zero-order chi connectivity index (χ0) is 21.6. The number of piperidine rings is 1. The maximum Gasteiger partial charge on any atom is 0.271 e. The van der Waals surface area contributed by atoms with Gasteiger partial charge in [-0.1, -0.05) is 19.1 Å². The van der Waals surface area contributed by atoms with E-state index in [-0.39, 0.29) is 17.4 Å². The van der Waals surface area contributed by atoms with Gasteiger partial charge < -0.3 is 14.6 Å². The number of nitrogens with zero attached hydrogens (tertiary/aromatic N) is 3. The maximum atomic E-state index is 12.5. The van der Waals surface area contributed by atoms with Crippen molar-refractivity contribution in [3.05, 3.63) is 76.5 Å². The van der Waals surface area contributed by atoms with Gasteiger partial charge in [0.2, 0.25) is 5.91 Å². The number of hydrogen-bond donors (Lipinski definition) is 1. The Kier molecular flexibility index (Phi) is 6.50. The van der Waals surface area contributed by atoms with Crippen molar-refractivity contribution in [1.82, 2.24) is 15.1 Å². The number of carbonyl (C=O) groups is 1. The molecule has 31 heavy (non-hydrogen) atoms. The molecule has 7 heteroatoms. The second kappa shape index (κ2) is 9.64. The number of amides is 1. The smallest absolute Gasteiger partial charge is 0.271 e. The number of aromatic nitrogens is 2. The van der Waals surface area contributed by atoms with Gasteiger partial charge >= 0.3 is 0 Å². The second-order valence-electron chi connectivity index (χ2n) is 7.84. The molecule has 1 fully saturated rings. The number of anilines is 1. The van der Waals surface area contributed by atoms with Crippen LogP contribution in [0, 0.1) is 5.92 Å². The van der Waals surface area contributed by atoms with Crippen LogP contribution >= 0.6 is 0 Å². The van der Waals surface area contributed by atoms with Crippen molar-refractivity contribution >= 4 is 11.7 Å². The van der Waals surface area contributed by atoms with Crippen molar-refractivity contribution in [3.8, 4) is 5.69 Å². The third-order valence-corrected chi connectivity index (χ3v) is 5.82. The number of furan rings is 1. The predicted octanol–water partition coefficient (Wildman–Crippen LogP) is 2.96. The van der Waals surface area contributed by atoms with Crippen LogP contribution in [-0.4, -0.2) is 35.3 Å². The van der Waals surface area contributed by atoms with Crippen LogP contribution in [0.2, 0.25) is 0 Å². The predicted molar refractivity (Wildman–Crippen MR) is 120 cm³/mol. The topological polar surface area (TPSA) is 80.4 Å². The molecule has 1 saturated heterocycles. The van der Waals surface area contributed by atoms with Crippen LogP contribution in [0.3, 0.4) is 0 Å². The molecule has 1 aliphatic rings. The van der Waals surface area contributed by atoms with Gasteiger partial charge in [-0.05, 0) is 55.2 Å². The van der Waals surface area contributed by atoms with Crippen LogP contribution in [0.5, 0.6) is 0 Å². The van der Waals surface area contributed by atoms with Crippen molar-refractivity contribution < 1.29 is 9.21 Å². The van der Waals surface area contributed by atoms with Gasteiger partial charge in [0.05, 0.1) is 12.0 Å². The highest BCUT2D eigenvalue weighted by Crippen LogP contribution is 2.22. The Hall–Kier alpha value is -3.35. The fourth-order valence-corrected chi connectivity index (χ4v) is 3.91. The van der Waals surface area contributed by atoms with Gasteiger partial charge in [-0.2, -0.15) is 4.68 Å². The van der Waals surface area contributed by atoms with Crippen LogP contribution in [-0.2, 0) is 17.6 Å². The Balaban J connectivity index is 1.35. The van der Waals surface area contributed by atoms with Gasteiger partial charge in [0.15, 0.2) is 0 Å². The minimum atomic E-state index is -0.154. The third-order valence-electron chi connectivity index (χ3n) is 5.82. The molecule has 4 rings (SSSR count). The summed E-state index contributed by atoms with van der Waals surface area (Å²) >= 11 is 0. The fourth-order valence-electron chi connectivity index (χ4n) is 3.91. The molecule has 0 radical (unpaired) electrons. The van der Waals surface area contributed by atoms with Gasteiger partial charge in [-0.25, -0.2) is 0 Å². The van der Waals surface area contributed by atoms with Gasteiger partial charge in [0.25, 0.3) is 5.56 Å². The molecule has 0 spiro atoms. The largest absolute Gasteiger partial charge is 0.469 e. The molecule has 7 nitrogen and oxygen atoms in total. The van der Waals surface area contributed by atoms with Crippen molar-refractivity contribution in [1.29, 1.82) is 0 Å². The Bertz CT molecular complexity index is 1050. The highest BCUT2D eigenvalue weighted by molar-refractivity contribution is 5.79. The monoisotopic (exact) mass is 420 g/mol. The molecule has 0 bridgehead atoms. The Morgan fingerprint density at radius 3 is 2.58 bits per heavy atom. The molecule has 0 saturated carbocycles.